The molecule has 0 spiro atoms. The number of hydrogen-bond donors (Lipinski definition) is 1. The zero-order valence-electron chi connectivity index (χ0n) is 17.5. The number of nitrogens with one attached hydrogen (secondary N) is 1. The number of halogens is 4. The molecule has 0 bridgehead atoms. The lowest BCUT2D eigenvalue weighted by atomic mass is 10.0. The summed E-state index contributed by atoms with van der Waals surface area (Å²) in [5.41, 5.74) is 1.23. The molecule has 3 heterocycles. The zero-order valence-corrected chi connectivity index (χ0v) is 18.3. The van der Waals surface area contributed by atoms with E-state index in [1.807, 2.05) is 18.9 Å². The summed E-state index contributed by atoms with van der Waals surface area (Å²) in [6, 6.07) is 5.40. The first kappa shape index (κ1) is 22.0. The number of piperazine rings is 1. The minimum Gasteiger partial charge on any atom is -0.382 e. The van der Waals surface area contributed by atoms with Gasteiger partial charge in [-0.2, -0.15) is 13.2 Å². The van der Waals surface area contributed by atoms with Gasteiger partial charge < -0.3 is 15.0 Å². The fourth-order valence-corrected chi connectivity index (χ4v) is 4.84. The number of likely N-dealkylation sites (N-methyl/N-ethyl adjacent to an activating group) is 1. The standard InChI is InChI=1S/C21H24F4N4OS/c1-12(30-3)8-14-11-29(7-6-28(14)2)19-15-10-18(21(23,24)25)31-20(15)27-17-9-13(22)4-5-16(17)26-19/h4-5,9-10,12,14,27H,6-8,11H2,1-3H3. The molecule has 2 unspecified atom stereocenters. The van der Waals surface area contributed by atoms with E-state index in [1.54, 1.807) is 13.2 Å². The van der Waals surface area contributed by atoms with Gasteiger partial charge in [-0.05, 0) is 44.7 Å². The van der Waals surface area contributed by atoms with Gasteiger partial charge >= 0.3 is 6.18 Å². The lowest BCUT2D eigenvalue weighted by molar-refractivity contribution is -0.134. The maximum atomic E-state index is 13.8. The van der Waals surface area contributed by atoms with E-state index in [-0.39, 0.29) is 12.1 Å². The average molecular weight is 457 g/mol. The molecular weight excluding hydrogens is 432 g/mol. The van der Waals surface area contributed by atoms with Crippen LogP contribution in [0.2, 0.25) is 0 Å². The van der Waals surface area contributed by atoms with E-state index >= 15 is 0 Å². The van der Waals surface area contributed by atoms with E-state index in [2.05, 4.69) is 10.2 Å². The Morgan fingerprint density at radius 3 is 2.77 bits per heavy atom. The summed E-state index contributed by atoms with van der Waals surface area (Å²) in [7, 11) is 3.70. The highest BCUT2D eigenvalue weighted by Gasteiger charge is 2.37. The van der Waals surface area contributed by atoms with Gasteiger partial charge in [0, 0.05) is 32.8 Å². The van der Waals surface area contributed by atoms with Gasteiger partial charge in [-0.15, -0.1) is 11.3 Å². The molecule has 2 atom stereocenters. The van der Waals surface area contributed by atoms with E-state index < -0.39 is 16.9 Å². The van der Waals surface area contributed by atoms with E-state index in [1.165, 1.54) is 12.1 Å². The van der Waals surface area contributed by atoms with Crippen molar-refractivity contribution in [2.24, 2.45) is 4.99 Å². The normalized spacial score (nSPS) is 20.4. The number of rotatable bonds is 3. The number of anilines is 2. The van der Waals surface area contributed by atoms with Crippen LogP contribution in [0.3, 0.4) is 0 Å². The summed E-state index contributed by atoms with van der Waals surface area (Å²) in [6.07, 6.45) is -3.61. The number of hydrogen-bond acceptors (Lipinski definition) is 6. The Morgan fingerprint density at radius 1 is 1.29 bits per heavy atom. The topological polar surface area (TPSA) is 40.1 Å². The summed E-state index contributed by atoms with van der Waals surface area (Å²) in [5.74, 6) is -0.00459. The van der Waals surface area contributed by atoms with Crippen molar-refractivity contribution in [2.45, 2.75) is 31.7 Å². The van der Waals surface area contributed by atoms with Crippen LogP contribution in [-0.2, 0) is 10.9 Å². The third-order valence-corrected chi connectivity index (χ3v) is 6.86. The fraction of sp³-hybridized carbons (Fsp3) is 0.476. The monoisotopic (exact) mass is 456 g/mol. The Labute approximate surface area is 182 Å². The summed E-state index contributed by atoms with van der Waals surface area (Å²) in [6.45, 7) is 3.98. The molecule has 0 saturated carbocycles. The van der Waals surface area contributed by atoms with Crippen LogP contribution in [-0.4, -0.2) is 61.6 Å². The third kappa shape index (κ3) is 4.56. The maximum Gasteiger partial charge on any atom is 0.425 e. The van der Waals surface area contributed by atoms with Crippen LogP contribution in [0.25, 0.3) is 0 Å². The molecule has 1 saturated heterocycles. The first-order valence-electron chi connectivity index (χ1n) is 10.0. The van der Waals surface area contributed by atoms with Crippen molar-refractivity contribution in [1.82, 2.24) is 9.80 Å². The number of methoxy groups -OCH3 is 1. The minimum absolute atomic E-state index is 0.0578. The van der Waals surface area contributed by atoms with E-state index in [4.69, 9.17) is 9.73 Å². The van der Waals surface area contributed by atoms with Crippen molar-refractivity contribution in [3.8, 4) is 0 Å². The lowest BCUT2D eigenvalue weighted by Crippen LogP contribution is -2.54. The van der Waals surface area contributed by atoms with E-state index in [9.17, 15) is 17.6 Å². The number of ether oxygens (including phenoxy) is 1. The second kappa shape index (κ2) is 8.40. The molecule has 1 fully saturated rings. The number of nitrogens with zero attached hydrogens (tertiary/aromatic N) is 3. The highest BCUT2D eigenvalue weighted by Crippen LogP contribution is 2.44. The van der Waals surface area contributed by atoms with Crippen molar-refractivity contribution in [3.05, 3.63) is 40.5 Å². The number of benzene rings is 1. The van der Waals surface area contributed by atoms with Gasteiger partial charge in [0.15, 0.2) is 0 Å². The van der Waals surface area contributed by atoms with Gasteiger partial charge in [0.05, 0.1) is 23.0 Å². The van der Waals surface area contributed by atoms with Crippen molar-refractivity contribution in [2.75, 3.05) is 39.1 Å². The van der Waals surface area contributed by atoms with Crippen molar-refractivity contribution in [3.63, 3.8) is 0 Å². The minimum atomic E-state index is -4.47. The smallest absolute Gasteiger partial charge is 0.382 e. The predicted octanol–water partition coefficient (Wildman–Crippen LogP) is 5.08. The number of aliphatic imine (C=N–C) groups is 1. The highest BCUT2D eigenvalue weighted by atomic mass is 32.1. The molecule has 0 radical (unpaired) electrons. The molecule has 5 nitrogen and oxygen atoms in total. The fourth-order valence-electron chi connectivity index (χ4n) is 3.91. The van der Waals surface area contributed by atoms with Crippen LogP contribution >= 0.6 is 11.3 Å². The molecule has 4 rings (SSSR count). The van der Waals surface area contributed by atoms with Gasteiger partial charge in [0.1, 0.15) is 21.5 Å². The molecule has 168 valence electrons. The maximum absolute atomic E-state index is 13.8. The van der Waals surface area contributed by atoms with Crippen LogP contribution in [0.5, 0.6) is 0 Å². The van der Waals surface area contributed by atoms with Crippen molar-refractivity contribution >= 4 is 33.5 Å². The molecule has 1 aromatic carbocycles. The van der Waals surface area contributed by atoms with Crippen molar-refractivity contribution in [1.29, 1.82) is 0 Å². The van der Waals surface area contributed by atoms with Crippen LogP contribution in [0.4, 0.5) is 33.9 Å². The largest absolute Gasteiger partial charge is 0.425 e. The van der Waals surface area contributed by atoms with Gasteiger partial charge in [-0.1, -0.05) is 0 Å². The first-order valence-corrected chi connectivity index (χ1v) is 10.8. The molecule has 0 aliphatic carbocycles. The van der Waals surface area contributed by atoms with Crippen LogP contribution in [0, 0.1) is 5.82 Å². The molecule has 10 heteroatoms. The van der Waals surface area contributed by atoms with Crippen molar-refractivity contribution < 1.29 is 22.3 Å². The molecule has 0 amide bonds. The van der Waals surface area contributed by atoms with E-state index in [0.29, 0.717) is 52.2 Å². The summed E-state index contributed by atoms with van der Waals surface area (Å²) in [4.78, 5) is 8.25. The first-order chi connectivity index (χ1) is 14.7. The highest BCUT2D eigenvalue weighted by molar-refractivity contribution is 7.16. The SMILES string of the molecule is COC(C)CC1CN(C2=Nc3ccc(F)cc3Nc3sc(C(F)(F)F)cc32)CCN1C. The summed E-state index contributed by atoms with van der Waals surface area (Å²) >= 11 is 0.612. The van der Waals surface area contributed by atoms with Crippen LogP contribution in [0.15, 0.2) is 29.3 Å². The third-order valence-electron chi connectivity index (χ3n) is 5.77. The van der Waals surface area contributed by atoms with Gasteiger partial charge in [0.2, 0.25) is 0 Å². The molecule has 2 aromatic rings. The number of alkyl halides is 3. The molecule has 1 N–H and O–H groups in total. The predicted molar refractivity (Wildman–Crippen MR) is 114 cm³/mol. The van der Waals surface area contributed by atoms with Gasteiger partial charge in [-0.3, -0.25) is 4.90 Å². The molecule has 2 aliphatic heterocycles. The molecule has 31 heavy (non-hydrogen) atoms. The van der Waals surface area contributed by atoms with Gasteiger partial charge in [0.25, 0.3) is 0 Å². The quantitative estimate of drug-likeness (QED) is 0.654. The number of fused-ring (bicyclic) bond motifs is 2. The Balaban J connectivity index is 1.75. The number of amidine groups is 1. The number of thiophene rings is 1. The Kier molecular flexibility index (Phi) is 5.97. The van der Waals surface area contributed by atoms with Crippen LogP contribution in [0.1, 0.15) is 23.8 Å². The molecule has 1 aromatic heterocycles. The second-order valence-electron chi connectivity index (χ2n) is 7.94. The van der Waals surface area contributed by atoms with E-state index in [0.717, 1.165) is 19.0 Å². The summed E-state index contributed by atoms with van der Waals surface area (Å²) < 4.78 is 59.6. The Morgan fingerprint density at radius 2 is 2.06 bits per heavy atom. The summed E-state index contributed by atoms with van der Waals surface area (Å²) in [5, 5.41) is 3.29. The van der Waals surface area contributed by atoms with Crippen LogP contribution < -0.4 is 5.32 Å². The zero-order chi connectivity index (χ0) is 22.3. The molecular formula is C21H24F4N4OS. The lowest BCUT2D eigenvalue weighted by Gasteiger charge is -2.41. The molecule has 2 aliphatic rings. The Bertz CT molecular complexity index is 990. The van der Waals surface area contributed by atoms with Gasteiger partial charge in [-0.25, -0.2) is 9.38 Å². The second-order valence-corrected chi connectivity index (χ2v) is 8.99. The average Bonchev–Trinajstić information content (AvgIpc) is 3.07. The Hall–Kier alpha value is -2.17.